The predicted molar refractivity (Wildman–Crippen MR) is 91.3 cm³/mol. The molecule has 0 N–H and O–H groups in total. The van der Waals surface area contributed by atoms with Gasteiger partial charge in [0, 0.05) is 48.7 Å². The molecule has 1 fully saturated rings. The highest BCUT2D eigenvalue weighted by Gasteiger charge is 2.24. The minimum absolute atomic E-state index is 0.527. The van der Waals surface area contributed by atoms with Crippen molar-refractivity contribution in [1.82, 2.24) is 19.9 Å². The molecule has 116 valence electrons. The minimum Gasteiger partial charge on any atom is -0.302 e. The van der Waals surface area contributed by atoms with Crippen LogP contribution in [0, 0.1) is 0 Å². The van der Waals surface area contributed by atoms with Crippen molar-refractivity contribution >= 4 is 11.0 Å². The molecule has 4 rings (SSSR count). The molecule has 1 aliphatic heterocycles. The molecule has 1 atom stereocenters. The monoisotopic (exact) mass is 304 g/mol. The van der Waals surface area contributed by atoms with E-state index in [2.05, 4.69) is 45.2 Å². The Morgan fingerprint density at radius 1 is 1.04 bits per heavy atom. The normalized spacial score (nSPS) is 18.5. The Labute approximate surface area is 136 Å². The van der Waals surface area contributed by atoms with Crippen LogP contribution in [0.5, 0.6) is 0 Å². The summed E-state index contributed by atoms with van der Waals surface area (Å²) in [6.45, 7) is 3.35. The van der Waals surface area contributed by atoms with Crippen LogP contribution in [-0.4, -0.2) is 39.5 Å². The van der Waals surface area contributed by atoms with Gasteiger partial charge < -0.3 is 4.90 Å². The number of hydrogen-bond acceptors (Lipinski definition) is 4. The maximum atomic E-state index is 4.76. The Kier molecular flexibility index (Phi) is 3.99. The summed E-state index contributed by atoms with van der Waals surface area (Å²) in [7, 11) is 0. The zero-order chi connectivity index (χ0) is 15.5. The topological polar surface area (TPSA) is 41.9 Å². The molecule has 4 heteroatoms. The summed E-state index contributed by atoms with van der Waals surface area (Å²) in [5.74, 6) is 0.527. The Morgan fingerprint density at radius 3 is 2.87 bits per heavy atom. The van der Waals surface area contributed by atoms with E-state index in [0.717, 1.165) is 37.1 Å². The van der Waals surface area contributed by atoms with Crippen LogP contribution < -0.4 is 0 Å². The third-order valence-corrected chi connectivity index (χ3v) is 4.64. The smallest absolute Gasteiger partial charge is 0.159 e. The van der Waals surface area contributed by atoms with Gasteiger partial charge in [0.2, 0.25) is 0 Å². The highest BCUT2D eigenvalue weighted by molar-refractivity contribution is 5.74. The van der Waals surface area contributed by atoms with Crippen LogP contribution in [0.25, 0.3) is 11.0 Å². The van der Waals surface area contributed by atoms with Crippen molar-refractivity contribution in [3.05, 3.63) is 66.2 Å². The van der Waals surface area contributed by atoms with Gasteiger partial charge in [-0.2, -0.15) is 0 Å². The Bertz CT molecular complexity index is 787. The number of likely N-dealkylation sites (tertiary alicyclic amines) is 1. The van der Waals surface area contributed by atoms with E-state index in [0.29, 0.717) is 5.92 Å². The van der Waals surface area contributed by atoms with Crippen LogP contribution in [0.4, 0.5) is 0 Å². The molecule has 0 saturated carbocycles. The summed E-state index contributed by atoms with van der Waals surface area (Å²) < 4.78 is 0. The van der Waals surface area contributed by atoms with Crippen molar-refractivity contribution in [2.45, 2.75) is 18.8 Å². The van der Waals surface area contributed by atoms with Crippen LogP contribution >= 0.6 is 0 Å². The molecular formula is C19H20N4. The molecule has 23 heavy (non-hydrogen) atoms. The van der Waals surface area contributed by atoms with Crippen molar-refractivity contribution in [3.8, 4) is 0 Å². The lowest BCUT2D eigenvalue weighted by Crippen LogP contribution is -2.23. The maximum absolute atomic E-state index is 4.76. The van der Waals surface area contributed by atoms with Gasteiger partial charge in [-0.15, -0.1) is 0 Å². The second-order valence-corrected chi connectivity index (χ2v) is 6.18. The van der Waals surface area contributed by atoms with E-state index in [1.807, 2.05) is 24.7 Å². The molecule has 3 aromatic heterocycles. The summed E-state index contributed by atoms with van der Waals surface area (Å²) in [6, 6.07) is 12.5. The zero-order valence-electron chi connectivity index (χ0n) is 13.1. The minimum atomic E-state index is 0.527. The lowest BCUT2D eigenvalue weighted by Gasteiger charge is -2.16. The Morgan fingerprint density at radius 2 is 1.96 bits per heavy atom. The summed E-state index contributed by atoms with van der Waals surface area (Å²) in [5, 5.41) is 1.11. The molecule has 0 unspecified atom stereocenters. The number of nitrogens with zero attached hydrogens (tertiary/aromatic N) is 4. The molecule has 0 aliphatic carbocycles. The van der Waals surface area contributed by atoms with E-state index in [1.54, 1.807) is 0 Å². The summed E-state index contributed by atoms with van der Waals surface area (Å²) in [5.41, 5.74) is 3.40. The fraction of sp³-hybridized carbons (Fsp3) is 0.316. The fourth-order valence-electron chi connectivity index (χ4n) is 3.31. The Hall–Kier alpha value is -2.33. The highest BCUT2D eigenvalue weighted by atomic mass is 15.1. The lowest BCUT2D eigenvalue weighted by atomic mass is 10.0. The Balaban J connectivity index is 1.41. The molecule has 0 bridgehead atoms. The molecule has 3 aromatic rings. The third kappa shape index (κ3) is 3.22. The van der Waals surface area contributed by atoms with Crippen LogP contribution in [0.3, 0.4) is 0 Å². The van der Waals surface area contributed by atoms with Gasteiger partial charge in [-0.25, -0.2) is 9.97 Å². The fourth-order valence-corrected chi connectivity index (χ4v) is 3.31. The van der Waals surface area contributed by atoms with E-state index in [4.69, 9.17) is 4.98 Å². The first-order valence-corrected chi connectivity index (χ1v) is 8.21. The second kappa shape index (κ2) is 6.42. The van der Waals surface area contributed by atoms with Gasteiger partial charge in [0.1, 0.15) is 0 Å². The van der Waals surface area contributed by atoms with Crippen molar-refractivity contribution in [2.24, 2.45) is 0 Å². The van der Waals surface area contributed by atoms with Gasteiger partial charge >= 0.3 is 0 Å². The van der Waals surface area contributed by atoms with Crippen LogP contribution in [0.1, 0.15) is 23.6 Å². The van der Waals surface area contributed by atoms with Crippen LogP contribution in [0.15, 0.2) is 55.0 Å². The highest BCUT2D eigenvalue weighted by Crippen LogP contribution is 2.27. The van der Waals surface area contributed by atoms with E-state index in [-0.39, 0.29) is 0 Å². The van der Waals surface area contributed by atoms with Gasteiger partial charge in [-0.3, -0.25) is 4.98 Å². The van der Waals surface area contributed by atoms with Crippen molar-refractivity contribution in [2.75, 3.05) is 19.6 Å². The summed E-state index contributed by atoms with van der Waals surface area (Å²) in [6.07, 6.45) is 7.82. The van der Waals surface area contributed by atoms with Crippen molar-refractivity contribution in [1.29, 1.82) is 0 Å². The van der Waals surface area contributed by atoms with Crippen molar-refractivity contribution < 1.29 is 0 Å². The van der Waals surface area contributed by atoms with Gasteiger partial charge in [0.05, 0.1) is 0 Å². The number of rotatable bonds is 4. The van der Waals surface area contributed by atoms with E-state index in [1.165, 1.54) is 17.7 Å². The first-order chi connectivity index (χ1) is 11.4. The molecule has 1 saturated heterocycles. The summed E-state index contributed by atoms with van der Waals surface area (Å²) in [4.78, 5) is 15.8. The average molecular weight is 304 g/mol. The predicted octanol–water partition coefficient (Wildman–Crippen LogP) is 3.06. The number of aromatic nitrogens is 3. The van der Waals surface area contributed by atoms with Gasteiger partial charge in [-0.1, -0.05) is 0 Å². The third-order valence-electron chi connectivity index (χ3n) is 4.64. The standard InChI is InChI=1S/C19H20N4/c1-2-16-3-4-18(22-19(16)21-9-1)17-8-13-23(14-17)12-7-15-5-10-20-11-6-15/h1-6,9-11,17H,7-8,12-14H2/t17-/m1/s1. The van der Waals surface area contributed by atoms with E-state index >= 15 is 0 Å². The molecule has 4 heterocycles. The lowest BCUT2D eigenvalue weighted by molar-refractivity contribution is 0.338. The molecule has 4 nitrogen and oxygen atoms in total. The first kappa shape index (κ1) is 14.3. The van der Waals surface area contributed by atoms with Gasteiger partial charge in [0.25, 0.3) is 0 Å². The second-order valence-electron chi connectivity index (χ2n) is 6.18. The van der Waals surface area contributed by atoms with Gasteiger partial charge in [0.15, 0.2) is 5.65 Å². The summed E-state index contributed by atoms with van der Waals surface area (Å²) >= 11 is 0. The molecule has 0 aromatic carbocycles. The molecule has 0 spiro atoms. The maximum Gasteiger partial charge on any atom is 0.159 e. The largest absolute Gasteiger partial charge is 0.302 e. The number of fused-ring (bicyclic) bond motifs is 1. The van der Waals surface area contributed by atoms with Crippen LogP contribution in [0.2, 0.25) is 0 Å². The van der Waals surface area contributed by atoms with E-state index < -0.39 is 0 Å². The molecule has 1 aliphatic rings. The average Bonchev–Trinajstić information content (AvgIpc) is 3.09. The SMILES string of the molecule is c1cnc2nc([C@@H]3CCN(CCc4ccncc4)C3)ccc2c1. The van der Waals surface area contributed by atoms with Crippen LogP contribution in [-0.2, 0) is 6.42 Å². The number of hydrogen-bond donors (Lipinski definition) is 0. The van der Waals surface area contributed by atoms with Gasteiger partial charge in [-0.05, 0) is 61.3 Å². The molecular weight excluding hydrogens is 284 g/mol. The van der Waals surface area contributed by atoms with E-state index in [9.17, 15) is 0 Å². The first-order valence-electron chi connectivity index (χ1n) is 8.21. The van der Waals surface area contributed by atoms with Crippen molar-refractivity contribution in [3.63, 3.8) is 0 Å². The molecule has 0 amide bonds. The zero-order valence-corrected chi connectivity index (χ0v) is 13.1. The quantitative estimate of drug-likeness (QED) is 0.743. The molecule has 0 radical (unpaired) electrons. The number of pyridine rings is 3.